The predicted octanol–water partition coefficient (Wildman–Crippen LogP) is 16.6. The molecule has 0 aromatic carbocycles. The maximum absolute atomic E-state index is 12.8. The lowest BCUT2D eigenvalue weighted by Gasteiger charge is -2.18. The average molecular weight is 851 g/mol. The molecule has 0 spiro atoms. The van der Waals surface area contributed by atoms with Gasteiger partial charge in [-0.2, -0.15) is 0 Å². The van der Waals surface area contributed by atoms with E-state index in [-0.39, 0.29) is 31.1 Å². The van der Waals surface area contributed by atoms with Gasteiger partial charge in [0.15, 0.2) is 6.10 Å². The highest BCUT2D eigenvalue weighted by Gasteiger charge is 2.19. The first-order valence-electron chi connectivity index (χ1n) is 25.4. The molecule has 0 fully saturated rings. The molecular formula is C55H94O6. The van der Waals surface area contributed by atoms with E-state index in [1.807, 2.05) is 0 Å². The Hall–Kier alpha value is -3.15. The molecular weight excluding hydrogens is 757 g/mol. The molecule has 0 aliphatic rings. The minimum atomic E-state index is -0.785. The Labute approximate surface area is 376 Å². The zero-order valence-electron chi connectivity index (χ0n) is 39.9. The van der Waals surface area contributed by atoms with E-state index in [2.05, 4.69) is 93.7 Å². The van der Waals surface area contributed by atoms with Crippen molar-refractivity contribution in [1.29, 1.82) is 0 Å². The molecule has 0 saturated carbocycles. The van der Waals surface area contributed by atoms with Crippen LogP contribution >= 0.6 is 0 Å². The summed E-state index contributed by atoms with van der Waals surface area (Å²) in [5.74, 6) is -0.909. The third-order valence-corrected chi connectivity index (χ3v) is 10.7. The van der Waals surface area contributed by atoms with E-state index in [4.69, 9.17) is 14.2 Å². The molecule has 0 saturated heterocycles. The van der Waals surface area contributed by atoms with Crippen molar-refractivity contribution in [2.24, 2.45) is 0 Å². The molecule has 0 aromatic heterocycles. The van der Waals surface area contributed by atoms with E-state index in [1.165, 1.54) is 83.5 Å². The van der Waals surface area contributed by atoms with E-state index in [1.54, 1.807) is 0 Å². The largest absolute Gasteiger partial charge is 0.462 e. The third-order valence-electron chi connectivity index (χ3n) is 10.7. The first kappa shape index (κ1) is 57.9. The number of esters is 3. The SMILES string of the molecule is CC/C=C\C/C=C\C/C=C\CCCCCCCCC(=O)OCC(COC(=O)CCCCCCCCCCCCC)OC(=O)CCCCCCCC/C=C\C/C=C\C/C=C\CC. The van der Waals surface area contributed by atoms with E-state index in [0.29, 0.717) is 19.3 Å². The van der Waals surface area contributed by atoms with Gasteiger partial charge in [0.1, 0.15) is 13.2 Å². The highest BCUT2D eigenvalue weighted by Crippen LogP contribution is 2.14. The molecule has 0 aliphatic carbocycles. The minimum absolute atomic E-state index is 0.0839. The highest BCUT2D eigenvalue weighted by molar-refractivity contribution is 5.71. The summed E-state index contributed by atoms with van der Waals surface area (Å²) in [4.78, 5) is 37.9. The van der Waals surface area contributed by atoms with Gasteiger partial charge in [0.25, 0.3) is 0 Å². The van der Waals surface area contributed by atoms with Crippen LogP contribution < -0.4 is 0 Å². The summed E-state index contributed by atoms with van der Waals surface area (Å²) in [7, 11) is 0. The molecule has 1 atom stereocenters. The lowest BCUT2D eigenvalue weighted by molar-refractivity contribution is -0.167. The lowest BCUT2D eigenvalue weighted by Crippen LogP contribution is -2.30. The van der Waals surface area contributed by atoms with Gasteiger partial charge < -0.3 is 14.2 Å². The van der Waals surface area contributed by atoms with E-state index < -0.39 is 6.10 Å². The summed E-state index contributed by atoms with van der Waals surface area (Å²) >= 11 is 0. The molecule has 0 radical (unpaired) electrons. The Morgan fingerprint density at radius 1 is 0.344 bits per heavy atom. The number of hydrogen-bond acceptors (Lipinski definition) is 6. The average Bonchev–Trinajstić information content (AvgIpc) is 3.26. The molecule has 0 heterocycles. The van der Waals surface area contributed by atoms with Gasteiger partial charge in [-0.1, -0.05) is 209 Å². The van der Waals surface area contributed by atoms with Gasteiger partial charge in [-0.05, 0) is 83.5 Å². The van der Waals surface area contributed by atoms with Gasteiger partial charge in [-0.15, -0.1) is 0 Å². The Morgan fingerprint density at radius 3 is 1.00 bits per heavy atom. The van der Waals surface area contributed by atoms with Crippen molar-refractivity contribution >= 4 is 17.9 Å². The Kier molecular flexibility index (Phi) is 46.9. The molecule has 6 heteroatoms. The molecule has 0 amide bonds. The fourth-order valence-electron chi connectivity index (χ4n) is 6.94. The first-order valence-corrected chi connectivity index (χ1v) is 25.4. The summed E-state index contributed by atoms with van der Waals surface area (Å²) in [6.45, 7) is 6.39. The second-order valence-electron chi connectivity index (χ2n) is 16.7. The zero-order chi connectivity index (χ0) is 44.4. The summed E-state index contributed by atoms with van der Waals surface area (Å²) in [6, 6.07) is 0. The molecule has 0 aromatic rings. The Morgan fingerprint density at radius 2 is 0.639 bits per heavy atom. The quantitative estimate of drug-likeness (QED) is 0.0263. The summed E-state index contributed by atoms with van der Waals surface area (Å²) < 4.78 is 16.8. The number of ether oxygens (including phenoxy) is 3. The zero-order valence-corrected chi connectivity index (χ0v) is 39.9. The Bertz CT molecular complexity index is 1160. The van der Waals surface area contributed by atoms with Gasteiger partial charge in [-0.3, -0.25) is 14.4 Å². The van der Waals surface area contributed by atoms with Crippen LogP contribution in [0.15, 0.2) is 72.9 Å². The second kappa shape index (κ2) is 49.5. The fourth-order valence-corrected chi connectivity index (χ4v) is 6.94. The summed E-state index contributed by atoms with van der Waals surface area (Å²) in [5.41, 5.74) is 0. The van der Waals surface area contributed by atoms with Crippen molar-refractivity contribution in [1.82, 2.24) is 0 Å². The minimum Gasteiger partial charge on any atom is -0.462 e. The van der Waals surface area contributed by atoms with Crippen molar-refractivity contribution in [2.75, 3.05) is 13.2 Å². The molecule has 6 nitrogen and oxygen atoms in total. The van der Waals surface area contributed by atoms with Gasteiger partial charge in [-0.25, -0.2) is 0 Å². The number of carbonyl (C=O) groups excluding carboxylic acids is 3. The highest BCUT2D eigenvalue weighted by atomic mass is 16.6. The number of unbranched alkanes of at least 4 members (excludes halogenated alkanes) is 22. The smallest absolute Gasteiger partial charge is 0.306 e. The first-order chi connectivity index (χ1) is 30.0. The number of carbonyl (C=O) groups is 3. The van der Waals surface area contributed by atoms with Crippen molar-refractivity contribution < 1.29 is 28.6 Å². The van der Waals surface area contributed by atoms with Gasteiger partial charge in [0.05, 0.1) is 0 Å². The lowest BCUT2D eigenvalue weighted by atomic mass is 10.1. The van der Waals surface area contributed by atoms with Crippen LogP contribution in [0.3, 0.4) is 0 Å². The van der Waals surface area contributed by atoms with Crippen LogP contribution in [0.4, 0.5) is 0 Å². The molecule has 0 bridgehead atoms. The van der Waals surface area contributed by atoms with Crippen LogP contribution in [0.1, 0.15) is 239 Å². The topological polar surface area (TPSA) is 78.9 Å². The Balaban J connectivity index is 4.41. The maximum Gasteiger partial charge on any atom is 0.306 e. The number of hydrogen-bond donors (Lipinski definition) is 0. The number of rotatable bonds is 45. The molecule has 1 unspecified atom stereocenters. The van der Waals surface area contributed by atoms with Gasteiger partial charge in [0, 0.05) is 19.3 Å². The van der Waals surface area contributed by atoms with Crippen molar-refractivity contribution in [3.63, 3.8) is 0 Å². The van der Waals surface area contributed by atoms with Crippen molar-refractivity contribution in [3.05, 3.63) is 72.9 Å². The van der Waals surface area contributed by atoms with Crippen LogP contribution in [-0.4, -0.2) is 37.2 Å². The molecule has 61 heavy (non-hydrogen) atoms. The molecule has 0 N–H and O–H groups in total. The van der Waals surface area contributed by atoms with Crippen LogP contribution in [0.5, 0.6) is 0 Å². The van der Waals surface area contributed by atoms with E-state index in [0.717, 1.165) is 116 Å². The van der Waals surface area contributed by atoms with Gasteiger partial charge >= 0.3 is 17.9 Å². The van der Waals surface area contributed by atoms with E-state index >= 15 is 0 Å². The molecule has 0 rings (SSSR count). The summed E-state index contributed by atoms with van der Waals surface area (Å²) in [5, 5.41) is 0. The van der Waals surface area contributed by atoms with Crippen LogP contribution in [0.2, 0.25) is 0 Å². The fraction of sp³-hybridized carbons (Fsp3) is 0.727. The normalized spacial score (nSPS) is 12.6. The summed E-state index contributed by atoms with van der Waals surface area (Å²) in [6.07, 6.45) is 61.7. The third kappa shape index (κ3) is 47.7. The van der Waals surface area contributed by atoms with Crippen LogP contribution in [0.25, 0.3) is 0 Å². The monoisotopic (exact) mass is 851 g/mol. The number of allylic oxidation sites excluding steroid dienone is 12. The maximum atomic E-state index is 12.8. The van der Waals surface area contributed by atoms with Gasteiger partial charge in [0.2, 0.25) is 0 Å². The standard InChI is InChI=1S/C55H94O6/c1-4-7-10-13-16-19-22-24-26-28-30-33-36-39-42-45-48-54(57)60-51-52(50-59-53(56)47-44-41-38-35-32-21-18-15-12-9-6-3)61-55(58)49-46-43-40-37-34-31-29-27-25-23-20-17-14-11-8-5-2/h7-8,10-11,16-17,19-20,24-27,52H,4-6,9,12-15,18,21-23,28-51H2,1-3H3/b10-7-,11-8-,19-16-,20-17-,26-24-,27-25-. The molecule has 0 aliphatic heterocycles. The predicted molar refractivity (Wildman–Crippen MR) is 261 cm³/mol. The van der Waals surface area contributed by atoms with Crippen LogP contribution in [0, 0.1) is 0 Å². The molecule has 350 valence electrons. The van der Waals surface area contributed by atoms with Crippen molar-refractivity contribution in [3.8, 4) is 0 Å². The van der Waals surface area contributed by atoms with Crippen LogP contribution in [-0.2, 0) is 28.6 Å². The van der Waals surface area contributed by atoms with E-state index in [9.17, 15) is 14.4 Å². The van der Waals surface area contributed by atoms with Crippen molar-refractivity contribution in [2.45, 2.75) is 245 Å². The second-order valence-corrected chi connectivity index (χ2v) is 16.7.